The molecule has 106 valence electrons. The van der Waals surface area contributed by atoms with Crippen LogP contribution in [-0.4, -0.2) is 0 Å². The molecule has 2 aromatic carbocycles. The summed E-state index contributed by atoms with van der Waals surface area (Å²) in [6.07, 6.45) is 0. The molecule has 2 nitrogen and oxygen atoms in total. The molecule has 3 heteroatoms. The third kappa shape index (κ3) is 3.15. The highest BCUT2D eigenvalue weighted by Gasteiger charge is 2.11. The van der Waals surface area contributed by atoms with Gasteiger partial charge >= 0.3 is 0 Å². The van der Waals surface area contributed by atoms with E-state index in [0.717, 1.165) is 22.4 Å². The fourth-order valence-corrected chi connectivity index (χ4v) is 2.98. The maximum atomic E-state index is 6.04. The Labute approximate surface area is 128 Å². The van der Waals surface area contributed by atoms with Gasteiger partial charge in [0.25, 0.3) is 0 Å². The molecule has 0 amide bonds. The summed E-state index contributed by atoms with van der Waals surface area (Å²) >= 11 is 1.68. The standard InChI is InChI=1S/C18H17NOS/c19-11-15-7-4-8-17(18(15)16-9-10-21-13-16)20-12-14-5-2-1-3-6-14/h1-10,13H,11-12,19H2. The van der Waals surface area contributed by atoms with Crippen LogP contribution < -0.4 is 10.5 Å². The van der Waals surface area contributed by atoms with Crippen molar-refractivity contribution in [2.45, 2.75) is 13.2 Å². The average Bonchev–Trinajstić information content (AvgIpc) is 3.07. The molecular weight excluding hydrogens is 278 g/mol. The molecule has 0 radical (unpaired) electrons. The van der Waals surface area contributed by atoms with E-state index in [-0.39, 0.29) is 0 Å². The Morgan fingerprint density at radius 1 is 0.952 bits per heavy atom. The molecule has 0 fully saturated rings. The van der Waals surface area contributed by atoms with Gasteiger partial charge in [0.1, 0.15) is 12.4 Å². The van der Waals surface area contributed by atoms with Crippen molar-refractivity contribution in [1.82, 2.24) is 0 Å². The molecule has 1 aromatic heterocycles. The normalized spacial score (nSPS) is 10.5. The van der Waals surface area contributed by atoms with Gasteiger partial charge in [-0.15, -0.1) is 0 Å². The van der Waals surface area contributed by atoms with E-state index in [9.17, 15) is 0 Å². The molecule has 21 heavy (non-hydrogen) atoms. The lowest BCUT2D eigenvalue weighted by atomic mass is 10.0. The first-order valence-electron chi connectivity index (χ1n) is 6.89. The number of thiophene rings is 1. The summed E-state index contributed by atoms with van der Waals surface area (Å²) in [7, 11) is 0. The maximum absolute atomic E-state index is 6.04. The maximum Gasteiger partial charge on any atom is 0.127 e. The molecule has 0 aliphatic rings. The Morgan fingerprint density at radius 3 is 2.52 bits per heavy atom. The highest BCUT2D eigenvalue weighted by molar-refractivity contribution is 7.08. The summed E-state index contributed by atoms with van der Waals surface area (Å²) in [5.41, 5.74) is 10.4. The Morgan fingerprint density at radius 2 is 1.81 bits per heavy atom. The summed E-state index contributed by atoms with van der Waals surface area (Å²) in [4.78, 5) is 0. The van der Waals surface area contributed by atoms with Gasteiger partial charge in [0.15, 0.2) is 0 Å². The Hall–Kier alpha value is -2.10. The highest BCUT2D eigenvalue weighted by Crippen LogP contribution is 2.35. The number of rotatable bonds is 5. The minimum atomic E-state index is 0.508. The van der Waals surface area contributed by atoms with Crippen molar-refractivity contribution in [3.63, 3.8) is 0 Å². The summed E-state index contributed by atoms with van der Waals surface area (Å²) in [6, 6.07) is 18.4. The van der Waals surface area contributed by atoms with Crippen LogP contribution in [0.25, 0.3) is 11.1 Å². The van der Waals surface area contributed by atoms with Crippen LogP contribution in [0, 0.1) is 0 Å². The molecule has 2 N–H and O–H groups in total. The average molecular weight is 295 g/mol. The van der Waals surface area contributed by atoms with Gasteiger partial charge in [0.05, 0.1) is 0 Å². The Balaban J connectivity index is 1.91. The van der Waals surface area contributed by atoms with Gasteiger partial charge in [0.2, 0.25) is 0 Å². The summed E-state index contributed by atoms with van der Waals surface area (Å²) in [6.45, 7) is 1.07. The molecule has 0 spiro atoms. The fraction of sp³-hybridized carbons (Fsp3) is 0.111. The molecule has 0 saturated heterocycles. The first-order valence-corrected chi connectivity index (χ1v) is 7.84. The van der Waals surface area contributed by atoms with E-state index in [1.165, 1.54) is 5.56 Å². The Bertz CT molecular complexity index is 693. The monoisotopic (exact) mass is 295 g/mol. The van der Waals surface area contributed by atoms with Crippen molar-refractivity contribution in [3.8, 4) is 16.9 Å². The predicted molar refractivity (Wildman–Crippen MR) is 88.4 cm³/mol. The second kappa shape index (κ2) is 6.57. The van der Waals surface area contributed by atoms with E-state index < -0.39 is 0 Å². The van der Waals surface area contributed by atoms with Crippen molar-refractivity contribution in [3.05, 3.63) is 76.5 Å². The van der Waals surface area contributed by atoms with E-state index in [0.29, 0.717) is 13.2 Å². The summed E-state index contributed by atoms with van der Waals surface area (Å²) in [5, 5.41) is 4.20. The van der Waals surface area contributed by atoms with Crippen LogP contribution in [0.4, 0.5) is 0 Å². The number of ether oxygens (including phenoxy) is 1. The van der Waals surface area contributed by atoms with Crippen LogP contribution in [-0.2, 0) is 13.2 Å². The zero-order valence-electron chi connectivity index (χ0n) is 11.7. The molecule has 3 aromatic rings. The zero-order valence-corrected chi connectivity index (χ0v) is 12.5. The minimum absolute atomic E-state index is 0.508. The summed E-state index contributed by atoms with van der Waals surface area (Å²) in [5.74, 6) is 0.889. The van der Waals surface area contributed by atoms with Gasteiger partial charge < -0.3 is 10.5 Å². The van der Waals surface area contributed by atoms with Gasteiger partial charge in [-0.25, -0.2) is 0 Å². The van der Waals surface area contributed by atoms with E-state index in [1.807, 2.05) is 30.3 Å². The molecule has 3 rings (SSSR count). The van der Waals surface area contributed by atoms with Crippen molar-refractivity contribution in [2.75, 3.05) is 0 Å². The van der Waals surface area contributed by atoms with Crippen LogP contribution in [0.5, 0.6) is 5.75 Å². The quantitative estimate of drug-likeness (QED) is 0.754. The van der Waals surface area contributed by atoms with Crippen LogP contribution in [0.1, 0.15) is 11.1 Å². The molecule has 0 unspecified atom stereocenters. The number of hydrogen-bond acceptors (Lipinski definition) is 3. The van der Waals surface area contributed by atoms with Gasteiger partial charge in [-0.3, -0.25) is 0 Å². The first kappa shape index (κ1) is 13.9. The smallest absolute Gasteiger partial charge is 0.127 e. The lowest BCUT2D eigenvalue weighted by molar-refractivity contribution is 0.307. The van der Waals surface area contributed by atoms with Gasteiger partial charge in [-0.1, -0.05) is 42.5 Å². The van der Waals surface area contributed by atoms with E-state index in [1.54, 1.807) is 11.3 Å². The number of benzene rings is 2. The molecule has 0 bridgehead atoms. The van der Waals surface area contributed by atoms with Crippen molar-refractivity contribution >= 4 is 11.3 Å². The second-order valence-corrected chi connectivity index (χ2v) is 5.56. The van der Waals surface area contributed by atoms with Crippen molar-refractivity contribution in [2.24, 2.45) is 5.73 Å². The van der Waals surface area contributed by atoms with Gasteiger partial charge in [-0.2, -0.15) is 11.3 Å². The van der Waals surface area contributed by atoms with Crippen LogP contribution >= 0.6 is 11.3 Å². The predicted octanol–water partition coefficient (Wildman–Crippen LogP) is 4.45. The minimum Gasteiger partial charge on any atom is -0.488 e. The van der Waals surface area contributed by atoms with Gasteiger partial charge in [0, 0.05) is 12.1 Å². The highest BCUT2D eigenvalue weighted by atomic mass is 32.1. The van der Waals surface area contributed by atoms with Gasteiger partial charge in [-0.05, 0) is 39.6 Å². The molecule has 1 heterocycles. The molecule has 0 saturated carbocycles. The largest absolute Gasteiger partial charge is 0.488 e. The number of hydrogen-bond donors (Lipinski definition) is 1. The summed E-state index contributed by atoms with van der Waals surface area (Å²) < 4.78 is 6.04. The molecule has 0 aliphatic heterocycles. The molecular formula is C18H17NOS. The number of nitrogens with two attached hydrogens (primary N) is 1. The Kier molecular flexibility index (Phi) is 4.34. The van der Waals surface area contributed by atoms with Crippen molar-refractivity contribution in [1.29, 1.82) is 0 Å². The third-order valence-electron chi connectivity index (χ3n) is 3.38. The zero-order chi connectivity index (χ0) is 14.5. The van der Waals surface area contributed by atoms with E-state index >= 15 is 0 Å². The van der Waals surface area contributed by atoms with Crippen LogP contribution in [0.3, 0.4) is 0 Å². The lowest BCUT2D eigenvalue weighted by Gasteiger charge is -2.14. The SMILES string of the molecule is NCc1cccc(OCc2ccccc2)c1-c1ccsc1. The fourth-order valence-electron chi connectivity index (χ4n) is 2.34. The third-order valence-corrected chi connectivity index (χ3v) is 4.06. The lowest BCUT2D eigenvalue weighted by Crippen LogP contribution is -2.02. The van der Waals surface area contributed by atoms with Crippen LogP contribution in [0.2, 0.25) is 0 Å². The topological polar surface area (TPSA) is 35.2 Å². The van der Waals surface area contributed by atoms with Crippen molar-refractivity contribution < 1.29 is 4.74 Å². The van der Waals surface area contributed by atoms with E-state index in [4.69, 9.17) is 10.5 Å². The molecule has 0 atom stereocenters. The van der Waals surface area contributed by atoms with Crippen LogP contribution in [0.15, 0.2) is 65.4 Å². The first-order chi connectivity index (χ1) is 10.4. The second-order valence-electron chi connectivity index (χ2n) is 4.78. The van der Waals surface area contributed by atoms with E-state index in [2.05, 4.69) is 35.0 Å². The molecule has 0 aliphatic carbocycles.